The Kier molecular flexibility index (Phi) is 4.46. The van der Waals surface area contributed by atoms with E-state index in [0.717, 1.165) is 23.6 Å². The highest BCUT2D eigenvalue weighted by Crippen LogP contribution is 2.36. The number of aromatic nitrogens is 3. The molecule has 1 aliphatic rings. The topological polar surface area (TPSA) is 44.8 Å². The first kappa shape index (κ1) is 15.9. The molecule has 0 saturated carbocycles. The molecule has 1 fully saturated rings. The highest BCUT2D eigenvalue weighted by molar-refractivity contribution is 7.97. The van der Waals surface area contributed by atoms with Crippen molar-refractivity contribution < 1.29 is 0 Å². The summed E-state index contributed by atoms with van der Waals surface area (Å²) in [4.78, 5) is 12.3. The van der Waals surface area contributed by atoms with Crippen molar-refractivity contribution in [1.82, 2.24) is 19.3 Å². The molecular weight excluding hydrogens is 316 g/mol. The first-order valence-electron chi connectivity index (χ1n) is 8.81. The lowest BCUT2D eigenvalue weighted by molar-refractivity contribution is 0.343. The zero-order valence-corrected chi connectivity index (χ0v) is 15.1. The first-order chi connectivity index (χ1) is 11.7. The Morgan fingerprint density at radius 3 is 3.12 bits per heavy atom. The van der Waals surface area contributed by atoms with Crippen molar-refractivity contribution in [2.75, 3.05) is 18.8 Å². The van der Waals surface area contributed by atoms with Crippen LogP contribution in [0.2, 0.25) is 0 Å². The summed E-state index contributed by atoms with van der Waals surface area (Å²) < 4.78 is 2.57. The number of rotatable bonds is 4. The maximum atomic E-state index is 4.55. The Morgan fingerprint density at radius 1 is 1.33 bits per heavy atom. The fourth-order valence-electron chi connectivity index (χ4n) is 3.59. The molecule has 4 heterocycles. The Bertz CT molecular complexity index is 842. The summed E-state index contributed by atoms with van der Waals surface area (Å²) in [5.74, 6) is 2.52. The maximum absolute atomic E-state index is 4.55. The molecule has 0 aliphatic carbocycles. The quantitative estimate of drug-likeness (QED) is 0.705. The third-order valence-electron chi connectivity index (χ3n) is 4.74. The fraction of sp³-hybridized carbons (Fsp3) is 0.474. The number of piperidine rings is 1. The molecule has 4 nitrogen and oxygen atoms in total. The molecule has 5 heteroatoms. The molecule has 1 unspecified atom stereocenters. The van der Waals surface area contributed by atoms with Crippen LogP contribution in [-0.2, 0) is 0 Å². The van der Waals surface area contributed by atoms with Crippen molar-refractivity contribution in [3.05, 3.63) is 36.3 Å². The van der Waals surface area contributed by atoms with Crippen LogP contribution in [0.5, 0.6) is 0 Å². The third kappa shape index (κ3) is 3.03. The molecule has 3 aromatic heterocycles. The Balaban J connectivity index is 1.69. The van der Waals surface area contributed by atoms with Crippen LogP contribution in [0.1, 0.15) is 38.2 Å². The zero-order chi connectivity index (χ0) is 16.5. The van der Waals surface area contributed by atoms with Crippen molar-refractivity contribution in [3.63, 3.8) is 0 Å². The molecule has 0 aromatic carbocycles. The van der Waals surface area contributed by atoms with Gasteiger partial charge in [-0.05, 0) is 42.4 Å². The van der Waals surface area contributed by atoms with Gasteiger partial charge in [0.15, 0.2) is 0 Å². The normalized spacial score (nSPS) is 19.5. The van der Waals surface area contributed by atoms with E-state index in [-0.39, 0.29) is 0 Å². The summed E-state index contributed by atoms with van der Waals surface area (Å²) >= 11 is 2.01. The number of aromatic amines is 1. The highest BCUT2D eigenvalue weighted by atomic mass is 32.2. The van der Waals surface area contributed by atoms with Crippen molar-refractivity contribution >= 4 is 33.9 Å². The summed E-state index contributed by atoms with van der Waals surface area (Å²) in [6.07, 6.45) is 8.33. The van der Waals surface area contributed by atoms with Crippen molar-refractivity contribution in [2.24, 2.45) is 5.92 Å². The van der Waals surface area contributed by atoms with E-state index in [9.17, 15) is 0 Å². The van der Waals surface area contributed by atoms with Gasteiger partial charge in [0.2, 0.25) is 0 Å². The van der Waals surface area contributed by atoms with E-state index in [1.165, 1.54) is 41.5 Å². The molecule has 1 atom stereocenters. The molecule has 1 saturated heterocycles. The van der Waals surface area contributed by atoms with E-state index in [1.807, 2.05) is 30.5 Å². The van der Waals surface area contributed by atoms with Crippen molar-refractivity contribution in [1.29, 1.82) is 0 Å². The van der Waals surface area contributed by atoms with E-state index < -0.39 is 0 Å². The van der Waals surface area contributed by atoms with Gasteiger partial charge in [-0.3, -0.25) is 4.98 Å². The molecule has 3 aromatic rings. The average Bonchev–Trinajstić information content (AvgIpc) is 3.08. The van der Waals surface area contributed by atoms with Gasteiger partial charge in [0.05, 0.1) is 11.7 Å². The Labute approximate surface area is 147 Å². The van der Waals surface area contributed by atoms with Crippen LogP contribution in [-0.4, -0.2) is 38.1 Å². The zero-order valence-electron chi connectivity index (χ0n) is 14.3. The number of H-pyrrole nitrogens is 1. The van der Waals surface area contributed by atoms with Crippen LogP contribution in [0.15, 0.2) is 30.7 Å². The van der Waals surface area contributed by atoms with E-state index in [2.05, 4.69) is 45.2 Å². The number of nitrogens with zero attached hydrogens (tertiary/aromatic N) is 3. The van der Waals surface area contributed by atoms with Crippen LogP contribution in [0.4, 0.5) is 0 Å². The lowest BCUT2D eigenvalue weighted by Gasteiger charge is -2.33. The molecule has 0 amide bonds. The van der Waals surface area contributed by atoms with Gasteiger partial charge >= 0.3 is 0 Å². The van der Waals surface area contributed by atoms with Crippen LogP contribution in [0, 0.1) is 5.92 Å². The van der Waals surface area contributed by atoms with E-state index >= 15 is 0 Å². The maximum Gasteiger partial charge on any atom is 0.137 e. The van der Waals surface area contributed by atoms with Crippen LogP contribution >= 0.6 is 11.9 Å². The standard InChI is InChI=1S/C19H24N4S/c1-13(2)12-24-23-9-3-4-14(11-23)15-5-7-20-17-10-22-19-16(18(15)17)6-8-21-19/h5-8,10,13-14H,3-4,9,11-12H2,1-2H3,(H,21,22). The van der Waals surface area contributed by atoms with Gasteiger partial charge in [0, 0.05) is 42.0 Å². The molecule has 0 bridgehead atoms. The predicted octanol–water partition coefficient (Wildman–Crippen LogP) is 4.59. The lowest BCUT2D eigenvalue weighted by Crippen LogP contribution is -2.30. The largest absolute Gasteiger partial charge is 0.346 e. The van der Waals surface area contributed by atoms with Gasteiger partial charge < -0.3 is 4.98 Å². The minimum Gasteiger partial charge on any atom is -0.346 e. The summed E-state index contributed by atoms with van der Waals surface area (Å²) in [5.41, 5.74) is 3.40. The monoisotopic (exact) mass is 340 g/mol. The minimum atomic E-state index is 0.574. The smallest absolute Gasteiger partial charge is 0.137 e. The second-order valence-corrected chi connectivity index (χ2v) is 8.18. The molecule has 1 N–H and O–H groups in total. The molecule has 1 aliphatic heterocycles. The van der Waals surface area contributed by atoms with Crippen molar-refractivity contribution in [3.8, 4) is 0 Å². The van der Waals surface area contributed by atoms with E-state index in [1.54, 1.807) is 0 Å². The third-order valence-corrected chi connectivity index (χ3v) is 6.25. The van der Waals surface area contributed by atoms with Gasteiger partial charge in [-0.2, -0.15) is 0 Å². The number of fused-ring (bicyclic) bond motifs is 3. The highest BCUT2D eigenvalue weighted by Gasteiger charge is 2.24. The number of pyridine rings is 2. The molecule has 24 heavy (non-hydrogen) atoms. The van der Waals surface area contributed by atoms with Crippen LogP contribution in [0.3, 0.4) is 0 Å². The molecular formula is C19H24N4S. The molecule has 0 spiro atoms. The second kappa shape index (κ2) is 6.73. The number of hydrogen-bond donors (Lipinski definition) is 1. The van der Waals surface area contributed by atoms with E-state index in [0.29, 0.717) is 5.92 Å². The summed E-state index contributed by atoms with van der Waals surface area (Å²) in [6.45, 7) is 6.92. The first-order valence-corrected chi connectivity index (χ1v) is 9.75. The van der Waals surface area contributed by atoms with Gasteiger partial charge in [-0.25, -0.2) is 9.29 Å². The SMILES string of the molecule is CC(C)CSN1CCCC(c2ccnc3cnc4[nH]ccc4c23)C1. The predicted molar refractivity (Wildman–Crippen MR) is 102 cm³/mol. The fourth-order valence-corrected chi connectivity index (χ4v) is 4.64. The van der Waals surface area contributed by atoms with Gasteiger partial charge in [-0.1, -0.05) is 25.8 Å². The van der Waals surface area contributed by atoms with Gasteiger partial charge in [0.25, 0.3) is 0 Å². The average molecular weight is 340 g/mol. The summed E-state index contributed by atoms with van der Waals surface area (Å²) in [7, 11) is 0. The summed E-state index contributed by atoms with van der Waals surface area (Å²) in [5, 5.41) is 2.48. The van der Waals surface area contributed by atoms with Crippen LogP contribution in [0.25, 0.3) is 21.9 Å². The van der Waals surface area contributed by atoms with Gasteiger partial charge in [0.1, 0.15) is 5.65 Å². The Morgan fingerprint density at radius 2 is 2.25 bits per heavy atom. The lowest BCUT2D eigenvalue weighted by atomic mass is 9.89. The number of hydrogen-bond acceptors (Lipinski definition) is 4. The molecule has 126 valence electrons. The van der Waals surface area contributed by atoms with Gasteiger partial charge in [-0.15, -0.1) is 0 Å². The Hall–Kier alpha value is -1.59. The summed E-state index contributed by atoms with van der Waals surface area (Å²) in [6, 6.07) is 4.35. The van der Waals surface area contributed by atoms with E-state index in [4.69, 9.17) is 0 Å². The molecule has 4 rings (SSSR count). The molecule has 0 radical (unpaired) electrons. The van der Waals surface area contributed by atoms with Crippen molar-refractivity contribution in [2.45, 2.75) is 32.6 Å². The minimum absolute atomic E-state index is 0.574. The van der Waals surface area contributed by atoms with Crippen LogP contribution < -0.4 is 0 Å². The number of nitrogens with one attached hydrogen (secondary N) is 1. The second-order valence-electron chi connectivity index (χ2n) is 7.08.